The van der Waals surface area contributed by atoms with E-state index in [0.717, 1.165) is 35.7 Å². The van der Waals surface area contributed by atoms with Crippen LogP contribution in [0.1, 0.15) is 35.2 Å². The van der Waals surface area contributed by atoms with Crippen LogP contribution in [-0.4, -0.2) is 34.8 Å². The summed E-state index contributed by atoms with van der Waals surface area (Å²) in [5, 5.41) is 13.9. The summed E-state index contributed by atoms with van der Waals surface area (Å²) in [4.78, 5) is 41.4. The third-order valence-corrected chi connectivity index (χ3v) is 6.02. The van der Waals surface area contributed by atoms with Crippen molar-refractivity contribution >= 4 is 50.7 Å². The monoisotopic (exact) mass is 558 g/mol. The number of hydrogen-bond donors (Lipinski definition) is 1. The second-order valence-electron chi connectivity index (χ2n) is 7.82. The summed E-state index contributed by atoms with van der Waals surface area (Å²) in [7, 11) is 0. The number of anilines is 1. The zero-order valence-corrected chi connectivity index (χ0v) is 21.2. The molecule has 1 heterocycles. The number of nitro groups is 1. The minimum absolute atomic E-state index is 0.0828. The van der Waals surface area contributed by atoms with Crippen LogP contribution >= 0.6 is 27.5 Å². The van der Waals surface area contributed by atoms with Gasteiger partial charge in [-0.1, -0.05) is 46.1 Å². The van der Waals surface area contributed by atoms with Crippen LogP contribution in [0.25, 0.3) is 0 Å². The first-order valence-corrected chi connectivity index (χ1v) is 12.2. The Morgan fingerprint density at radius 3 is 2.34 bits per heavy atom. The second-order valence-corrected chi connectivity index (χ2v) is 9.12. The van der Waals surface area contributed by atoms with Crippen molar-refractivity contribution in [2.24, 2.45) is 0 Å². The molecule has 8 nitrogen and oxygen atoms in total. The standard InChI is InChI=1S/C25H24BrClN4O4/c26-20-8-12-21(13-9-20)30(25(33)19-7-14-23(27)29-16-19)17-24(32)28-15-3-1-2-4-18-5-10-22(11-6-18)31(34)35/h5-14,16H,1-4,15,17H2,(H,28,32). The van der Waals surface area contributed by atoms with Crippen molar-refractivity contribution in [1.29, 1.82) is 0 Å². The number of nitrogens with one attached hydrogen (secondary N) is 1. The van der Waals surface area contributed by atoms with Crippen LogP contribution in [-0.2, 0) is 11.2 Å². The molecule has 0 saturated heterocycles. The number of benzene rings is 2. The van der Waals surface area contributed by atoms with Crippen LogP contribution in [0.3, 0.4) is 0 Å². The first kappa shape index (κ1) is 26.3. The van der Waals surface area contributed by atoms with Gasteiger partial charge in [-0.05, 0) is 61.2 Å². The Kier molecular flexibility index (Phi) is 9.75. The van der Waals surface area contributed by atoms with E-state index in [4.69, 9.17) is 11.6 Å². The van der Waals surface area contributed by atoms with Gasteiger partial charge < -0.3 is 5.32 Å². The van der Waals surface area contributed by atoms with E-state index in [9.17, 15) is 19.7 Å². The van der Waals surface area contributed by atoms with Crippen LogP contribution < -0.4 is 10.2 Å². The normalized spacial score (nSPS) is 10.6. The lowest BCUT2D eigenvalue weighted by molar-refractivity contribution is -0.384. The van der Waals surface area contributed by atoms with Gasteiger partial charge in [0, 0.05) is 35.0 Å². The average Bonchev–Trinajstić information content (AvgIpc) is 2.85. The molecule has 0 aliphatic heterocycles. The summed E-state index contributed by atoms with van der Waals surface area (Å²) >= 11 is 9.21. The molecule has 0 fully saturated rings. The van der Waals surface area contributed by atoms with Gasteiger partial charge in [0.05, 0.1) is 10.5 Å². The molecule has 0 atom stereocenters. The van der Waals surface area contributed by atoms with Gasteiger partial charge in [0.2, 0.25) is 5.91 Å². The van der Waals surface area contributed by atoms with Gasteiger partial charge in [-0.2, -0.15) is 0 Å². The van der Waals surface area contributed by atoms with E-state index in [2.05, 4.69) is 26.2 Å². The number of non-ortho nitro benzene ring substituents is 1. The Labute approximate surface area is 216 Å². The molecule has 0 unspecified atom stereocenters. The number of aromatic nitrogens is 1. The molecule has 10 heteroatoms. The minimum atomic E-state index is -0.412. The summed E-state index contributed by atoms with van der Waals surface area (Å²) in [6.45, 7) is 0.357. The molecule has 2 aromatic carbocycles. The zero-order chi connectivity index (χ0) is 25.2. The number of carbonyl (C=O) groups is 2. The minimum Gasteiger partial charge on any atom is -0.355 e. The molecular weight excluding hydrogens is 536 g/mol. The number of halogens is 2. The highest BCUT2D eigenvalue weighted by atomic mass is 79.9. The number of nitro benzene ring substituents is 1. The second kappa shape index (κ2) is 13.0. The number of amides is 2. The smallest absolute Gasteiger partial charge is 0.269 e. The SMILES string of the molecule is O=C(CN(C(=O)c1ccc(Cl)nc1)c1ccc(Br)cc1)NCCCCCc1ccc([N+](=O)[O-])cc1. The van der Waals surface area contributed by atoms with Gasteiger partial charge in [-0.25, -0.2) is 4.98 Å². The van der Waals surface area contributed by atoms with Crippen molar-refractivity contribution in [2.75, 3.05) is 18.0 Å². The fourth-order valence-electron chi connectivity index (χ4n) is 3.40. The summed E-state index contributed by atoms with van der Waals surface area (Å²) in [5.41, 5.74) is 2.04. The Balaban J connectivity index is 1.49. The van der Waals surface area contributed by atoms with Gasteiger partial charge in [-0.15, -0.1) is 0 Å². The van der Waals surface area contributed by atoms with Crippen molar-refractivity contribution in [3.05, 3.63) is 97.7 Å². The van der Waals surface area contributed by atoms with Gasteiger partial charge in [0.25, 0.3) is 11.6 Å². The summed E-state index contributed by atoms with van der Waals surface area (Å²) in [6, 6.07) is 16.8. The average molecular weight is 560 g/mol. The predicted molar refractivity (Wildman–Crippen MR) is 139 cm³/mol. The molecule has 0 aliphatic carbocycles. The largest absolute Gasteiger partial charge is 0.355 e. The van der Waals surface area contributed by atoms with Gasteiger partial charge >= 0.3 is 0 Å². The number of hydrogen-bond acceptors (Lipinski definition) is 5. The number of aryl methyl sites for hydroxylation is 1. The Morgan fingerprint density at radius 2 is 1.71 bits per heavy atom. The number of unbranched alkanes of at least 4 members (excludes halogenated alkanes) is 2. The molecule has 182 valence electrons. The van der Waals surface area contributed by atoms with E-state index < -0.39 is 4.92 Å². The highest BCUT2D eigenvalue weighted by molar-refractivity contribution is 9.10. The van der Waals surface area contributed by atoms with Crippen LogP contribution in [0.15, 0.2) is 71.3 Å². The third-order valence-electron chi connectivity index (χ3n) is 5.27. The zero-order valence-electron chi connectivity index (χ0n) is 18.8. The molecule has 2 amide bonds. The van der Waals surface area contributed by atoms with E-state index >= 15 is 0 Å². The van der Waals surface area contributed by atoms with Crippen LogP contribution in [0.5, 0.6) is 0 Å². The molecule has 35 heavy (non-hydrogen) atoms. The lowest BCUT2D eigenvalue weighted by Gasteiger charge is -2.22. The Hall–Kier alpha value is -3.30. The molecule has 1 N–H and O–H groups in total. The first-order valence-electron chi connectivity index (χ1n) is 11.0. The number of rotatable bonds is 11. The van der Waals surface area contributed by atoms with Crippen LogP contribution in [0.2, 0.25) is 5.15 Å². The number of pyridine rings is 1. The summed E-state index contributed by atoms with van der Waals surface area (Å²) in [5.74, 6) is -0.617. The van der Waals surface area contributed by atoms with Crippen molar-refractivity contribution < 1.29 is 14.5 Å². The molecule has 3 aromatic rings. The fraction of sp³-hybridized carbons (Fsp3) is 0.240. The third kappa shape index (κ3) is 8.15. The van der Waals surface area contributed by atoms with E-state index in [1.165, 1.54) is 29.3 Å². The first-order chi connectivity index (χ1) is 16.8. The maximum atomic E-state index is 13.1. The molecule has 0 radical (unpaired) electrons. The van der Waals surface area contributed by atoms with Crippen molar-refractivity contribution in [2.45, 2.75) is 25.7 Å². The van der Waals surface area contributed by atoms with Crippen molar-refractivity contribution in [1.82, 2.24) is 10.3 Å². The predicted octanol–water partition coefficient (Wildman–Crippen LogP) is 5.58. The Morgan fingerprint density at radius 1 is 1.00 bits per heavy atom. The molecule has 0 aliphatic rings. The van der Waals surface area contributed by atoms with Crippen molar-refractivity contribution in [3.63, 3.8) is 0 Å². The quantitative estimate of drug-likeness (QED) is 0.143. The molecular formula is C25H24BrClN4O4. The summed E-state index contributed by atoms with van der Waals surface area (Å²) in [6.07, 6.45) is 4.78. The lowest BCUT2D eigenvalue weighted by Crippen LogP contribution is -2.41. The van der Waals surface area contributed by atoms with E-state index in [1.54, 1.807) is 42.5 Å². The van der Waals surface area contributed by atoms with Gasteiger partial charge in [-0.3, -0.25) is 24.6 Å². The van der Waals surface area contributed by atoms with Gasteiger partial charge in [0.15, 0.2) is 0 Å². The molecule has 3 rings (SSSR count). The molecule has 0 spiro atoms. The van der Waals surface area contributed by atoms with Crippen molar-refractivity contribution in [3.8, 4) is 0 Å². The number of carbonyl (C=O) groups excluding carboxylic acids is 2. The highest BCUT2D eigenvalue weighted by Crippen LogP contribution is 2.21. The van der Waals surface area contributed by atoms with E-state index in [0.29, 0.717) is 17.8 Å². The van der Waals surface area contributed by atoms with E-state index in [-0.39, 0.29) is 29.2 Å². The van der Waals surface area contributed by atoms with Crippen LogP contribution in [0.4, 0.5) is 11.4 Å². The number of nitrogens with zero attached hydrogens (tertiary/aromatic N) is 3. The Bertz CT molecular complexity index is 1160. The van der Waals surface area contributed by atoms with Gasteiger partial charge in [0.1, 0.15) is 11.7 Å². The van der Waals surface area contributed by atoms with E-state index in [1.807, 2.05) is 0 Å². The summed E-state index contributed by atoms with van der Waals surface area (Å²) < 4.78 is 0.861. The fourth-order valence-corrected chi connectivity index (χ4v) is 3.78. The van der Waals surface area contributed by atoms with Crippen LogP contribution in [0, 0.1) is 10.1 Å². The molecule has 1 aromatic heterocycles. The highest BCUT2D eigenvalue weighted by Gasteiger charge is 2.21. The lowest BCUT2D eigenvalue weighted by atomic mass is 10.1. The molecule has 0 saturated carbocycles. The molecule has 0 bridgehead atoms. The maximum Gasteiger partial charge on any atom is 0.269 e. The maximum absolute atomic E-state index is 13.1. The topological polar surface area (TPSA) is 105 Å².